The van der Waals surface area contributed by atoms with Crippen molar-refractivity contribution in [3.63, 3.8) is 0 Å². The van der Waals surface area contributed by atoms with E-state index in [0.29, 0.717) is 63.2 Å². The molecule has 3 heterocycles. The maximum Gasteiger partial charge on any atom is 0.325 e. The van der Waals surface area contributed by atoms with Crippen molar-refractivity contribution < 1.29 is 28.2 Å². The minimum absolute atomic E-state index is 0.00292. The largest absolute Gasteiger partial charge is 0.497 e. The molecule has 2 aromatic rings. The summed E-state index contributed by atoms with van der Waals surface area (Å²) in [6.45, 7) is 3.59. The fraction of sp³-hybridized carbons (Fsp3) is 0.485. The van der Waals surface area contributed by atoms with E-state index in [1.807, 2.05) is 30.0 Å². The van der Waals surface area contributed by atoms with Gasteiger partial charge in [-0.15, -0.1) is 0 Å². The predicted molar refractivity (Wildman–Crippen MR) is 169 cm³/mol. The molecule has 10 nitrogen and oxygen atoms in total. The molecule has 1 spiro atoms. The van der Waals surface area contributed by atoms with E-state index in [1.165, 1.54) is 11.0 Å². The zero-order chi connectivity index (χ0) is 31.9. The summed E-state index contributed by atoms with van der Waals surface area (Å²) in [6.07, 6.45) is 5.09. The topological polar surface area (TPSA) is 94.7 Å². The first-order valence-electron chi connectivity index (χ1n) is 15.4. The van der Waals surface area contributed by atoms with Gasteiger partial charge in [0.15, 0.2) is 0 Å². The van der Waals surface area contributed by atoms with Crippen LogP contribution in [0.25, 0.3) is 5.57 Å². The molecular weight excluding hydrogens is 601 g/mol. The monoisotopic (exact) mass is 639 g/mol. The first kappa shape index (κ1) is 31.2. The third-order valence-corrected chi connectivity index (χ3v) is 9.90. The van der Waals surface area contributed by atoms with Crippen molar-refractivity contribution >= 4 is 40.8 Å². The number of methoxy groups -OCH3 is 2. The predicted octanol–water partition coefficient (Wildman–Crippen LogP) is 5.21. The Hall–Kier alpha value is -3.83. The van der Waals surface area contributed by atoms with E-state index in [0.717, 1.165) is 23.2 Å². The Balaban J connectivity index is 1.16. The summed E-state index contributed by atoms with van der Waals surface area (Å²) in [4.78, 5) is 47.5. The molecule has 12 heteroatoms. The first-order chi connectivity index (χ1) is 21.7. The van der Waals surface area contributed by atoms with Crippen molar-refractivity contribution in [1.29, 1.82) is 0 Å². The zero-order valence-electron chi connectivity index (χ0n) is 25.9. The number of anilines is 1. The van der Waals surface area contributed by atoms with E-state index in [4.69, 9.17) is 21.1 Å². The zero-order valence-corrected chi connectivity index (χ0v) is 26.6. The van der Waals surface area contributed by atoms with E-state index in [1.54, 1.807) is 42.4 Å². The molecule has 5 amide bonds. The summed E-state index contributed by atoms with van der Waals surface area (Å²) < 4.78 is 25.3. The Kier molecular flexibility index (Phi) is 8.67. The highest BCUT2D eigenvalue weighted by Crippen LogP contribution is 2.56. The molecule has 4 aliphatic rings. The van der Waals surface area contributed by atoms with Crippen LogP contribution in [0, 0.1) is 5.82 Å². The molecule has 3 aliphatic heterocycles. The summed E-state index contributed by atoms with van der Waals surface area (Å²) in [7, 11) is 3.18. The SMILES string of the molecule is COC[C@H](C)N1C(=O)N(CC(=O)N2CCC(N3CCc4ccc(OC)cc4NC3=O)CC2)C=C(c2cccc(F)c2Cl)C12CC2. The summed E-state index contributed by atoms with van der Waals surface area (Å²) in [5.41, 5.74) is 2.44. The Morgan fingerprint density at radius 2 is 1.89 bits per heavy atom. The molecule has 2 aromatic carbocycles. The number of carbonyl (C=O) groups excluding carboxylic acids is 3. The maximum atomic E-state index is 14.6. The second-order valence-electron chi connectivity index (χ2n) is 12.3. The number of ether oxygens (including phenoxy) is 2. The molecular formula is C33H39ClFN5O5. The van der Waals surface area contributed by atoms with Gasteiger partial charge in [-0.3, -0.25) is 9.69 Å². The summed E-state index contributed by atoms with van der Waals surface area (Å²) in [5, 5.41) is 3.02. The number of halogens is 2. The van der Waals surface area contributed by atoms with E-state index < -0.39 is 11.4 Å². The average molecular weight is 640 g/mol. The van der Waals surface area contributed by atoms with Crippen LogP contribution < -0.4 is 10.1 Å². The molecule has 6 rings (SSSR count). The van der Waals surface area contributed by atoms with Crippen LogP contribution in [-0.4, -0.2) is 102 Å². The minimum Gasteiger partial charge on any atom is -0.497 e. The van der Waals surface area contributed by atoms with Gasteiger partial charge in [0.25, 0.3) is 0 Å². The summed E-state index contributed by atoms with van der Waals surface area (Å²) in [6, 6.07) is 9.65. The third kappa shape index (κ3) is 5.83. The fourth-order valence-electron chi connectivity index (χ4n) is 7.05. The Morgan fingerprint density at radius 1 is 1.13 bits per heavy atom. The van der Waals surface area contributed by atoms with Gasteiger partial charge >= 0.3 is 12.1 Å². The number of piperidine rings is 1. The Labute approximate surface area is 267 Å². The lowest BCUT2D eigenvalue weighted by molar-refractivity contribution is -0.133. The Morgan fingerprint density at radius 3 is 2.58 bits per heavy atom. The van der Waals surface area contributed by atoms with E-state index >= 15 is 0 Å². The standard InChI is InChI=1S/C33H39ClFN5O5/c1-21(20-44-2)40-32(43)38(18-26(33(40)12-13-33)25-5-4-6-27(35)30(25)34)19-29(41)37-14-10-23(11-15-37)39-16-9-22-7-8-24(45-3)17-28(22)36-31(39)42/h4-8,17-18,21,23H,9-16,19-20H2,1-3H3,(H,36,42)/t21-/m0/s1. The molecule has 45 heavy (non-hydrogen) atoms. The molecule has 1 aliphatic carbocycles. The second kappa shape index (κ2) is 12.5. The highest BCUT2D eigenvalue weighted by Gasteiger charge is 2.58. The number of benzene rings is 2. The lowest BCUT2D eigenvalue weighted by atomic mass is 9.92. The van der Waals surface area contributed by atoms with Gasteiger partial charge in [0.1, 0.15) is 18.1 Å². The highest BCUT2D eigenvalue weighted by molar-refractivity contribution is 6.32. The van der Waals surface area contributed by atoms with Gasteiger partial charge in [-0.2, -0.15) is 0 Å². The van der Waals surface area contributed by atoms with E-state index in [-0.39, 0.29) is 41.6 Å². The smallest absolute Gasteiger partial charge is 0.325 e. The summed E-state index contributed by atoms with van der Waals surface area (Å²) >= 11 is 6.44. The normalized spacial score (nSPS) is 20.4. The number of urea groups is 2. The van der Waals surface area contributed by atoms with Gasteiger partial charge in [-0.1, -0.05) is 29.8 Å². The van der Waals surface area contributed by atoms with Gasteiger partial charge in [-0.25, -0.2) is 14.0 Å². The van der Waals surface area contributed by atoms with Crippen molar-refractivity contribution in [2.45, 2.75) is 56.7 Å². The molecule has 240 valence electrons. The average Bonchev–Trinajstić information content (AvgIpc) is 3.83. The molecule has 1 saturated heterocycles. The van der Waals surface area contributed by atoms with E-state index in [2.05, 4.69) is 5.32 Å². The number of hydrogen-bond acceptors (Lipinski definition) is 5. The van der Waals surface area contributed by atoms with Crippen LogP contribution >= 0.6 is 11.6 Å². The maximum absolute atomic E-state index is 14.6. The number of nitrogens with zero attached hydrogens (tertiary/aromatic N) is 4. The minimum atomic E-state index is -0.622. The van der Waals surface area contributed by atoms with Gasteiger partial charge in [-0.05, 0) is 56.7 Å². The summed E-state index contributed by atoms with van der Waals surface area (Å²) in [5.74, 6) is -0.0359. The molecule has 1 N–H and O–H groups in total. The lowest BCUT2D eigenvalue weighted by Crippen LogP contribution is -2.58. The van der Waals surface area contributed by atoms with Crippen LogP contribution in [0.5, 0.6) is 5.75 Å². The van der Waals surface area contributed by atoms with Gasteiger partial charge in [0.2, 0.25) is 5.91 Å². The van der Waals surface area contributed by atoms with Gasteiger partial charge in [0.05, 0.1) is 30.3 Å². The van der Waals surface area contributed by atoms with Crippen LogP contribution in [0.15, 0.2) is 42.6 Å². The molecule has 0 aromatic heterocycles. The Bertz CT molecular complexity index is 1520. The number of carbonyl (C=O) groups is 3. The molecule has 1 saturated carbocycles. The number of likely N-dealkylation sites (tertiary alicyclic amines) is 1. The van der Waals surface area contributed by atoms with Crippen molar-refractivity contribution in [3.8, 4) is 5.75 Å². The number of nitrogens with one attached hydrogen (secondary N) is 1. The first-order valence-corrected chi connectivity index (χ1v) is 15.8. The van der Waals surface area contributed by atoms with Crippen molar-refractivity contribution in [3.05, 3.63) is 64.6 Å². The van der Waals surface area contributed by atoms with Gasteiger partial charge in [0, 0.05) is 61.9 Å². The van der Waals surface area contributed by atoms with Crippen LogP contribution in [0.3, 0.4) is 0 Å². The molecule has 0 unspecified atom stereocenters. The van der Waals surface area contributed by atoms with Gasteiger partial charge < -0.3 is 29.5 Å². The van der Waals surface area contributed by atoms with Crippen LogP contribution in [0.4, 0.5) is 19.7 Å². The lowest BCUT2D eigenvalue weighted by Gasteiger charge is -2.45. The van der Waals surface area contributed by atoms with Crippen LogP contribution in [0.1, 0.15) is 43.7 Å². The van der Waals surface area contributed by atoms with Crippen molar-refractivity contribution in [2.24, 2.45) is 0 Å². The van der Waals surface area contributed by atoms with Crippen LogP contribution in [-0.2, 0) is 16.0 Å². The third-order valence-electron chi connectivity index (χ3n) is 9.52. The number of hydrogen-bond donors (Lipinski definition) is 1. The van der Waals surface area contributed by atoms with E-state index in [9.17, 15) is 18.8 Å². The number of amides is 5. The van der Waals surface area contributed by atoms with Crippen LogP contribution in [0.2, 0.25) is 5.02 Å². The molecule has 0 radical (unpaired) electrons. The number of fused-ring (bicyclic) bond motifs is 1. The number of rotatable bonds is 8. The molecule has 1 atom stereocenters. The highest BCUT2D eigenvalue weighted by atomic mass is 35.5. The van der Waals surface area contributed by atoms with Crippen molar-refractivity contribution in [1.82, 2.24) is 19.6 Å². The molecule has 2 fully saturated rings. The fourth-order valence-corrected chi connectivity index (χ4v) is 7.28. The van der Waals surface area contributed by atoms with Crippen molar-refractivity contribution in [2.75, 3.05) is 52.3 Å². The second-order valence-corrected chi connectivity index (χ2v) is 12.6. The molecule has 0 bridgehead atoms. The quantitative estimate of drug-likeness (QED) is 0.428.